The van der Waals surface area contributed by atoms with Gasteiger partial charge in [0.25, 0.3) is 0 Å². The first-order chi connectivity index (χ1) is 11.1. The highest BCUT2D eigenvalue weighted by Crippen LogP contribution is 2.53. The van der Waals surface area contributed by atoms with Crippen LogP contribution < -0.4 is 4.74 Å². The quantitative estimate of drug-likeness (QED) is 0.753. The Bertz CT molecular complexity index is 748. The molecule has 0 amide bonds. The Hall–Kier alpha value is -2.42. The Labute approximate surface area is 135 Å². The maximum atomic E-state index is 9.85. The smallest absolute Gasteiger partial charge is 0.127 e. The standard InChI is InChI=1S/C20H20O3/c1-12-2-8-16-17(10-12)18-11-15(22)7-9-19(18)23-20(16)13-3-5-14(21)6-4-13/h3-7,9,11,16-17,20-22H,1-2,8,10H2/t16-,17+,20?/m1/s1. The summed E-state index contributed by atoms with van der Waals surface area (Å²) in [6, 6.07) is 12.6. The van der Waals surface area contributed by atoms with Crippen LogP contribution in [0.4, 0.5) is 0 Å². The molecule has 2 aromatic rings. The third kappa shape index (κ3) is 2.46. The largest absolute Gasteiger partial charge is 0.508 e. The summed E-state index contributed by atoms with van der Waals surface area (Å²) in [5.41, 5.74) is 3.45. The summed E-state index contributed by atoms with van der Waals surface area (Å²) in [6.07, 6.45) is 2.97. The van der Waals surface area contributed by atoms with Gasteiger partial charge in [0, 0.05) is 11.5 Å². The van der Waals surface area contributed by atoms with E-state index in [-0.39, 0.29) is 17.6 Å². The number of phenols is 2. The molecular weight excluding hydrogens is 288 g/mol. The van der Waals surface area contributed by atoms with Gasteiger partial charge in [-0.1, -0.05) is 24.3 Å². The zero-order chi connectivity index (χ0) is 16.0. The number of benzene rings is 2. The van der Waals surface area contributed by atoms with Gasteiger partial charge in [0.15, 0.2) is 0 Å². The molecule has 2 aliphatic rings. The molecule has 2 N–H and O–H groups in total. The van der Waals surface area contributed by atoms with Gasteiger partial charge in [0.05, 0.1) is 0 Å². The summed E-state index contributed by atoms with van der Waals surface area (Å²) in [5, 5.41) is 19.4. The number of allylic oxidation sites excluding steroid dienone is 1. The molecule has 1 fully saturated rings. The molecule has 3 heteroatoms. The minimum Gasteiger partial charge on any atom is -0.508 e. The van der Waals surface area contributed by atoms with Crippen LogP contribution in [0.3, 0.4) is 0 Å². The van der Waals surface area contributed by atoms with Crippen LogP contribution in [0.25, 0.3) is 0 Å². The Morgan fingerprint density at radius 2 is 1.74 bits per heavy atom. The first kappa shape index (κ1) is 14.2. The van der Waals surface area contributed by atoms with E-state index in [4.69, 9.17) is 4.74 Å². The fraction of sp³-hybridized carbons (Fsp3) is 0.300. The maximum Gasteiger partial charge on any atom is 0.127 e. The van der Waals surface area contributed by atoms with Crippen molar-refractivity contribution in [2.24, 2.45) is 5.92 Å². The molecule has 2 aromatic carbocycles. The van der Waals surface area contributed by atoms with E-state index in [0.717, 1.165) is 36.1 Å². The molecule has 0 bridgehead atoms. The van der Waals surface area contributed by atoms with Crippen LogP contribution in [-0.2, 0) is 0 Å². The number of hydrogen-bond acceptors (Lipinski definition) is 3. The minimum absolute atomic E-state index is 0.0225. The summed E-state index contributed by atoms with van der Waals surface area (Å²) in [6.45, 7) is 4.17. The third-order valence-corrected chi connectivity index (χ3v) is 5.11. The summed E-state index contributed by atoms with van der Waals surface area (Å²) in [7, 11) is 0. The van der Waals surface area contributed by atoms with Gasteiger partial charge >= 0.3 is 0 Å². The van der Waals surface area contributed by atoms with E-state index < -0.39 is 0 Å². The highest BCUT2D eigenvalue weighted by molar-refractivity contribution is 5.46. The topological polar surface area (TPSA) is 49.7 Å². The molecule has 0 aromatic heterocycles. The van der Waals surface area contributed by atoms with Gasteiger partial charge in [0.2, 0.25) is 0 Å². The molecule has 0 radical (unpaired) electrons. The molecule has 0 saturated heterocycles. The zero-order valence-corrected chi connectivity index (χ0v) is 12.9. The van der Waals surface area contributed by atoms with Gasteiger partial charge in [-0.3, -0.25) is 0 Å². The van der Waals surface area contributed by atoms with Gasteiger partial charge in [-0.05, 0) is 61.1 Å². The average Bonchev–Trinajstić information content (AvgIpc) is 2.55. The maximum absolute atomic E-state index is 9.85. The minimum atomic E-state index is -0.0225. The number of fused-ring (bicyclic) bond motifs is 3. The van der Waals surface area contributed by atoms with E-state index in [1.54, 1.807) is 18.2 Å². The number of ether oxygens (including phenoxy) is 1. The van der Waals surface area contributed by atoms with E-state index in [0.29, 0.717) is 11.8 Å². The van der Waals surface area contributed by atoms with Gasteiger partial charge < -0.3 is 14.9 Å². The van der Waals surface area contributed by atoms with Gasteiger partial charge in [-0.25, -0.2) is 0 Å². The molecule has 3 atom stereocenters. The van der Waals surface area contributed by atoms with E-state index in [2.05, 4.69) is 6.58 Å². The van der Waals surface area contributed by atoms with Crippen LogP contribution in [0.15, 0.2) is 54.6 Å². The zero-order valence-electron chi connectivity index (χ0n) is 12.9. The second-order valence-electron chi connectivity index (χ2n) is 6.62. The van der Waals surface area contributed by atoms with Crippen molar-refractivity contribution in [3.05, 3.63) is 65.7 Å². The Morgan fingerprint density at radius 3 is 2.52 bits per heavy atom. The van der Waals surface area contributed by atoms with Crippen molar-refractivity contribution in [3.63, 3.8) is 0 Å². The lowest BCUT2D eigenvalue weighted by molar-refractivity contribution is 0.0771. The van der Waals surface area contributed by atoms with Crippen LogP contribution >= 0.6 is 0 Å². The molecule has 4 rings (SSSR count). The molecule has 1 aliphatic heterocycles. The average molecular weight is 308 g/mol. The predicted octanol–water partition coefficient (Wildman–Crippen LogP) is 4.67. The van der Waals surface area contributed by atoms with Crippen LogP contribution in [0.1, 0.15) is 42.4 Å². The monoisotopic (exact) mass is 308 g/mol. The van der Waals surface area contributed by atoms with Crippen LogP contribution in [0, 0.1) is 5.92 Å². The fourth-order valence-electron chi connectivity index (χ4n) is 3.98. The number of aromatic hydroxyl groups is 2. The van der Waals surface area contributed by atoms with Crippen LogP contribution in [-0.4, -0.2) is 10.2 Å². The molecular formula is C20H20O3. The first-order valence-electron chi connectivity index (χ1n) is 8.07. The predicted molar refractivity (Wildman–Crippen MR) is 88.8 cm³/mol. The molecule has 1 saturated carbocycles. The molecule has 118 valence electrons. The lowest BCUT2D eigenvalue weighted by Gasteiger charge is -2.43. The van der Waals surface area contributed by atoms with Gasteiger partial charge in [0.1, 0.15) is 23.4 Å². The van der Waals surface area contributed by atoms with Crippen molar-refractivity contribution in [3.8, 4) is 17.2 Å². The Morgan fingerprint density at radius 1 is 1.00 bits per heavy atom. The number of phenolic OH excluding ortho intramolecular Hbond substituents is 2. The van der Waals surface area contributed by atoms with E-state index in [1.807, 2.05) is 24.3 Å². The van der Waals surface area contributed by atoms with Crippen molar-refractivity contribution in [2.45, 2.75) is 31.3 Å². The van der Waals surface area contributed by atoms with Crippen molar-refractivity contribution >= 4 is 0 Å². The van der Waals surface area contributed by atoms with E-state index in [1.165, 1.54) is 5.57 Å². The second kappa shape index (κ2) is 5.34. The van der Waals surface area contributed by atoms with Crippen molar-refractivity contribution in [1.82, 2.24) is 0 Å². The highest BCUT2D eigenvalue weighted by Gasteiger charge is 2.41. The van der Waals surface area contributed by atoms with Crippen molar-refractivity contribution < 1.29 is 14.9 Å². The lowest BCUT2D eigenvalue weighted by Crippen LogP contribution is -2.32. The van der Waals surface area contributed by atoms with Gasteiger partial charge in [-0.15, -0.1) is 0 Å². The molecule has 23 heavy (non-hydrogen) atoms. The molecule has 0 spiro atoms. The fourth-order valence-corrected chi connectivity index (χ4v) is 3.98. The van der Waals surface area contributed by atoms with Crippen molar-refractivity contribution in [2.75, 3.05) is 0 Å². The lowest BCUT2D eigenvalue weighted by atomic mass is 9.68. The first-order valence-corrected chi connectivity index (χ1v) is 8.07. The third-order valence-electron chi connectivity index (χ3n) is 5.11. The summed E-state index contributed by atoms with van der Waals surface area (Å²) < 4.78 is 6.30. The van der Waals surface area contributed by atoms with Crippen LogP contribution in [0.2, 0.25) is 0 Å². The Balaban J connectivity index is 1.78. The van der Waals surface area contributed by atoms with E-state index in [9.17, 15) is 10.2 Å². The van der Waals surface area contributed by atoms with Gasteiger partial charge in [-0.2, -0.15) is 0 Å². The summed E-state index contributed by atoms with van der Waals surface area (Å²) in [5.74, 6) is 2.08. The van der Waals surface area contributed by atoms with Crippen molar-refractivity contribution in [1.29, 1.82) is 0 Å². The molecule has 1 heterocycles. The van der Waals surface area contributed by atoms with Crippen LogP contribution in [0.5, 0.6) is 17.2 Å². The highest BCUT2D eigenvalue weighted by atomic mass is 16.5. The SMILES string of the molecule is C=C1CC[C@H]2C(c3ccc(O)cc3)Oc3ccc(O)cc3[C@H]2C1. The number of hydrogen-bond donors (Lipinski definition) is 2. The second-order valence-corrected chi connectivity index (χ2v) is 6.62. The van der Waals surface area contributed by atoms with E-state index >= 15 is 0 Å². The molecule has 1 unspecified atom stereocenters. The Kier molecular flexibility index (Phi) is 3.29. The number of rotatable bonds is 1. The molecule has 1 aliphatic carbocycles. The molecule has 3 nitrogen and oxygen atoms in total. The summed E-state index contributed by atoms with van der Waals surface area (Å²) in [4.78, 5) is 0. The summed E-state index contributed by atoms with van der Waals surface area (Å²) >= 11 is 0. The normalized spacial score (nSPS) is 26.1.